The topological polar surface area (TPSA) is 17.1 Å². The number of benzene rings is 2. The standard InChI is InChI=1S/C16H14ClFO/c1-10(2)11-3-5-12(6-4-11)16(19)13-7-8-14(17)15(18)9-13/h3-10H,1-2H3. The fourth-order valence-corrected chi connectivity index (χ4v) is 1.94. The van der Waals surface area contributed by atoms with Gasteiger partial charge in [-0.2, -0.15) is 0 Å². The lowest BCUT2D eigenvalue weighted by Crippen LogP contribution is -2.02. The Kier molecular flexibility index (Phi) is 4.01. The summed E-state index contributed by atoms with van der Waals surface area (Å²) in [6.07, 6.45) is 0. The first-order valence-corrected chi connectivity index (χ1v) is 6.46. The van der Waals surface area contributed by atoms with Crippen molar-refractivity contribution in [2.75, 3.05) is 0 Å². The Bertz CT molecular complexity index is 603. The van der Waals surface area contributed by atoms with Crippen molar-refractivity contribution in [1.82, 2.24) is 0 Å². The second-order valence-corrected chi connectivity index (χ2v) is 5.14. The Morgan fingerprint density at radius 1 is 1.05 bits per heavy atom. The summed E-state index contributed by atoms with van der Waals surface area (Å²) in [4.78, 5) is 12.2. The van der Waals surface area contributed by atoms with Gasteiger partial charge in [0.15, 0.2) is 5.78 Å². The summed E-state index contributed by atoms with van der Waals surface area (Å²) in [5.41, 5.74) is 2.02. The molecule has 0 saturated heterocycles. The lowest BCUT2D eigenvalue weighted by molar-refractivity contribution is 0.103. The molecule has 0 aliphatic rings. The molecule has 0 atom stereocenters. The molecule has 0 heterocycles. The third-order valence-corrected chi connectivity index (χ3v) is 3.33. The highest BCUT2D eigenvalue weighted by atomic mass is 35.5. The van der Waals surface area contributed by atoms with E-state index in [1.165, 1.54) is 23.8 Å². The number of hydrogen-bond donors (Lipinski definition) is 0. The maximum absolute atomic E-state index is 13.3. The van der Waals surface area contributed by atoms with Crippen molar-refractivity contribution < 1.29 is 9.18 Å². The Hall–Kier alpha value is -1.67. The van der Waals surface area contributed by atoms with Gasteiger partial charge in [0.05, 0.1) is 5.02 Å². The van der Waals surface area contributed by atoms with Crippen LogP contribution in [0.25, 0.3) is 0 Å². The van der Waals surface area contributed by atoms with E-state index in [9.17, 15) is 9.18 Å². The minimum absolute atomic E-state index is 0.0201. The number of ketones is 1. The molecule has 0 saturated carbocycles. The minimum atomic E-state index is -0.577. The second-order valence-electron chi connectivity index (χ2n) is 4.73. The Morgan fingerprint density at radius 3 is 2.16 bits per heavy atom. The zero-order valence-electron chi connectivity index (χ0n) is 10.8. The summed E-state index contributed by atoms with van der Waals surface area (Å²) < 4.78 is 13.3. The van der Waals surface area contributed by atoms with Crippen molar-refractivity contribution in [3.63, 3.8) is 0 Å². The largest absolute Gasteiger partial charge is 0.289 e. The summed E-state index contributed by atoms with van der Waals surface area (Å²) in [6, 6.07) is 11.5. The number of carbonyl (C=O) groups is 1. The third-order valence-electron chi connectivity index (χ3n) is 3.02. The van der Waals surface area contributed by atoms with Crippen LogP contribution in [0.3, 0.4) is 0 Å². The first-order valence-electron chi connectivity index (χ1n) is 6.08. The molecule has 0 aromatic heterocycles. The van der Waals surface area contributed by atoms with E-state index in [2.05, 4.69) is 13.8 Å². The number of hydrogen-bond acceptors (Lipinski definition) is 1. The van der Waals surface area contributed by atoms with Crippen LogP contribution in [-0.4, -0.2) is 5.78 Å². The van der Waals surface area contributed by atoms with Crippen LogP contribution in [-0.2, 0) is 0 Å². The smallest absolute Gasteiger partial charge is 0.193 e. The van der Waals surface area contributed by atoms with Crippen molar-refractivity contribution in [3.05, 3.63) is 70.0 Å². The Balaban J connectivity index is 2.30. The maximum Gasteiger partial charge on any atom is 0.193 e. The van der Waals surface area contributed by atoms with E-state index in [1.807, 2.05) is 12.1 Å². The van der Waals surface area contributed by atoms with Gasteiger partial charge in [-0.25, -0.2) is 4.39 Å². The van der Waals surface area contributed by atoms with Crippen LogP contribution >= 0.6 is 11.6 Å². The molecule has 2 aromatic rings. The maximum atomic E-state index is 13.3. The molecule has 2 aromatic carbocycles. The lowest BCUT2D eigenvalue weighted by atomic mass is 9.98. The van der Waals surface area contributed by atoms with Gasteiger partial charge in [-0.3, -0.25) is 4.79 Å². The van der Waals surface area contributed by atoms with Crippen molar-refractivity contribution >= 4 is 17.4 Å². The van der Waals surface area contributed by atoms with Crippen LogP contribution in [0.4, 0.5) is 4.39 Å². The quantitative estimate of drug-likeness (QED) is 0.734. The van der Waals surface area contributed by atoms with Crippen LogP contribution in [0.15, 0.2) is 42.5 Å². The molecular formula is C16H14ClFO. The highest BCUT2D eigenvalue weighted by molar-refractivity contribution is 6.30. The van der Waals surface area contributed by atoms with Gasteiger partial charge in [0.2, 0.25) is 0 Å². The van der Waals surface area contributed by atoms with Gasteiger partial charge in [0, 0.05) is 11.1 Å². The Morgan fingerprint density at radius 2 is 1.63 bits per heavy atom. The second kappa shape index (κ2) is 5.54. The predicted octanol–water partition coefficient (Wildman–Crippen LogP) is 4.83. The summed E-state index contributed by atoms with van der Waals surface area (Å²) in [6.45, 7) is 4.18. The molecule has 0 radical (unpaired) electrons. The molecule has 1 nitrogen and oxygen atoms in total. The van der Waals surface area contributed by atoms with Gasteiger partial charge >= 0.3 is 0 Å². The summed E-state index contributed by atoms with van der Waals surface area (Å²) in [7, 11) is 0. The van der Waals surface area contributed by atoms with Gasteiger partial charge in [-0.05, 0) is 29.7 Å². The number of halogens is 2. The van der Waals surface area contributed by atoms with E-state index in [-0.39, 0.29) is 10.8 Å². The molecule has 19 heavy (non-hydrogen) atoms. The lowest BCUT2D eigenvalue weighted by Gasteiger charge is -2.07. The van der Waals surface area contributed by atoms with E-state index in [0.717, 1.165) is 0 Å². The average molecular weight is 277 g/mol. The molecule has 0 aliphatic carbocycles. The van der Waals surface area contributed by atoms with Gasteiger partial charge in [-0.15, -0.1) is 0 Å². The summed E-state index contributed by atoms with van der Waals surface area (Å²) in [5, 5.41) is 0.0201. The highest BCUT2D eigenvalue weighted by Gasteiger charge is 2.11. The molecule has 98 valence electrons. The molecule has 2 rings (SSSR count). The van der Waals surface area contributed by atoms with E-state index in [0.29, 0.717) is 17.0 Å². The molecular weight excluding hydrogens is 263 g/mol. The SMILES string of the molecule is CC(C)c1ccc(C(=O)c2ccc(Cl)c(F)c2)cc1. The minimum Gasteiger partial charge on any atom is -0.289 e. The van der Waals surface area contributed by atoms with Gasteiger partial charge in [0.1, 0.15) is 5.82 Å². The zero-order valence-corrected chi connectivity index (χ0v) is 11.5. The molecule has 0 N–H and O–H groups in total. The van der Waals surface area contributed by atoms with E-state index < -0.39 is 5.82 Å². The molecule has 0 amide bonds. The van der Waals surface area contributed by atoms with Crippen LogP contribution < -0.4 is 0 Å². The molecule has 0 fully saturated rings. The average Bonchev–Trinajstić information content (AvgIpc) is 2.41. The number of rotatable bonds is 3. The van der Waals surface area contributed by atoms with E-state index in [4.69, 9.17) is 11.6 Å². The predicted molar refractivity (Wildman–Crippen MR) is 75.4 cm³/mol. The van der Waals surface area contributed by atoms with E-state index in [1.54, 1.807) is 12.1 Å². The zero-order chi connectivity index (χ0) is 14.0. The first-order chi connectivity index (χ1) is 8.99. The molecule has 0 aliphatic heterocycles. The fourth-order valence-electron chi connectivity index (χ4n) is 1.82. The molecule has 0 unspecified atom stereocenters. The highest BCUT2D eigenvalue weighted by Crippen LogP contribution is 2.20. The molecule has 0 bridgehead atoms. The molecule has 0 spiro atoms. The summed E-state index contributed by atoms with van der Waals surface area (Å²) >= 11 is 5.60. The third kappa shape index (κ3) is 3.02. The normalized spacial score (nSPS) is 10.8. The van der Waals surface area contributed by atoms with Crippen molar-refractivity contribution in [2.24, 2.45) is 0 Å². The van der Waals surface area contributed by atoms with Gasteiger partial charge in [0.25, 0.3) is 0 Å². The van der Waals surface area contributed by atoms with Crippen LogP contribution in [0, 0.1) is 5.82 Å². The van der Waals surface area contributed by atoms with E-state index >= 15 is 0 Å². The van der Waals surface area contributed by atoms with Crippen LogP contribution in [0.5, 0.6) is 0 Å². The molecule has 3 heteroatoms. The summed E-state index contributed by atoms with van der Waals surface area (Å²) in [5.74, 6) is -0.366. The van der Waals surface area contributed by atoms with Gasteiger partial charge < -0.3 is 0 Å². The Labute approximate surface area is 117 Å². The fraction of sp³-hybridized carbons (Fsp3) is 0.188. The van der Waals surface area contributed by atoms with Crippen LogP contribution in [0.2, 0.25) is 5.02 Å². The number of carbonyl (C=O) groups excluding carboxylic acids is 1. The van der Waals surface area contributed by atoms with Crippen LogP contribution in [0.1, 0.15) is 41.3 Å². The monoisotopic (exact) mass is 276 g/mol. The van der Waals surface area contributed by atoms with Crippen molar-refractivity contribution in [1.29, 1.82) is 0 Å². The van der Waals surface area contributed by atoms with Crippen molar-refractivity contribution in [3.8, 4) is 0 Å². The van der Waals surface area contributed by atoms with Crippen molar-refractivity contribution in [2.45, 2.75) is 19.8 Å². The van der Waals surface area contributed by atoms with Gasteiger partial charge in [-0.1, -0.05) is 49.7 Å². The first kappa shape index (κ1) is 13.8.